The number of carbonyl (C=O) groups excluding carboxylic acids is 1. The highest BCUT2D eigenvalue weighted by molar-refractivity contribution is 5.88. The van der Waals surface area contributed by atoms with E-state index < -0.39 is 35.3 Å². The molecular weight excluding hydrogens is 425 g/mol. The van der Waals surface area contributed by atoms with Gasteiger partial charge in [-0.25, -0.2) is 22.6 Å². The number of piperidine rings is 1. The number of aromatic nitrogens is 4. The minimum Gasteiger partial charge on any atom is -0.342 e. The quantitative estimate of drug-likeness (QED) is 0.605. The maximum Gasteiger partial charge on any atom is 0.257 e. The third-order valence-electron chi connectivity index (χ3n) is 6.71. The molecule has 0 saturated carbocycles. The van der Waals surface area contributed by atoms with Crippen LogP contribution in [0.4, 0.5) is 19.1 Å². The first-order valence-electron chi connectivity index (χ1n) is 10.5. The summed E-state index contributed by atoms with van der Waals surface area (Å²) in [6, 6.07) is 2.97. The van der Waals surface area contributed by atoms with E-state index >= 15 is 0 Å². The van der Waals surface area contributed by atoms with Crippen molar-refractivity contribution in [2.24, 2.45) is 0 Å². The van der Waals surface area contributed by atoms with Gasteiger partial charge < -0.3 is 14.5 Å². The molecule has 6 rings (SSSR count). The predicted molar refractivity (Wildman–Crippen MR) is 105 cm³/mol. The Bertz CT molecular complexity index is 1210. The number of amides is 1. The van der Waals surface area contributed by atoms with Crippen LogP contribution in [0.3, 0.4) is 0 Å². The lowest BCUT2D eigenvalue weighted by atomic mass is 9.89. The molecular formula is C21H19F3N6O2. The number of rotatable bonds is 2. The van der Waals surface area contributed by atoms with Gasteiger partial charge in [-0.2, -0.15) is 0 Å². The molecule has 0 N–H and O–H groups in total. The van der Waals surface area contributed by atoms with Crippen LogP contribution < -0.4 is 4.90 Å². The largest absolute Gasteiger partial charge is 0.342 e. The van der Waals surface area contributed by atoms with E-state index in [9.17, 15) is 18.0 Å². The Morgan fingerprint density at radius 1 is 1.06 bits per heavy atom. The lowest BCUT2D eigenvalue weighted by Crippen LogP contribution is -2.51. The van der Waals surface area contributed by atoms with Gasteiger partial charge in [0.2, 0.25) is 11.6 Å². The molecule has 2 atom stereocenters. The van der Waals surface area contributed by atoms with Gasteiger partial charge in [-0.1, -0.05) is 0 Å². The first kappa shape index (κ1) is 19.5. The summed E-state index contributed by atoms with van der Waals surface area (Å²) >= 11 is 0. The van der Waals surface area contributed by atoms with E-state index in [-0.39, 0.29) is 11.6 Å². The van der Waals surface area contributed by atoms with Crippen LogP contribution in [0, 0.1) is 17.5 Å². The SMILES string of the molecule is O=C1N2[C@@H](CC[C@H]2c2cc(F)cc(F)c2)OC12CCN(c1ncc(F)c3nncn13)CC2. The molecule has 5 heterocycles. The van der Waals surface area contributed by atoms with Crippen molar-refractivity contribution in [3.05, 3.63) is 53.7 Å². The van der Waals surface area contributed by atoms with Gasteiger partial charge in [0.15, 0.2) is 11.4 Å². The number of fused-ring (bicyclic) bond motifs is 2. The maximum atomic E-state index is 13.9. The summed E-state index contributed by atoms with van der Waals surface area (Å²) < 4.78 is 49.2. The molecule has 1 spiro atoms. The van der Waals surface area contributed by atoms with Crippen LogP contribution in [0.15, 0.2) is 30.7 Å². The summed E-state index contributed by atoms with van der Waals surface area (Å²) in [4.78, 5) is 21.3. The fourth-order valence-electron chi connectivity index (χ4n) is 5.22. The van der Waals surface area contributed by atoms with Crippen molar-refractivity contribution in [1.29, 1.82) is 0 Å². The molecule has 3 aromatic rings. The molecule has 3 aliphatic rings. The minimum atomic E-state index is -0.974. The number of hydrogen-bond donors (Lipinski definition) is 0. The molecule has 0 radical (unpaired) electrons. The molecule has 32 heavy (non-hydrogen) atoms. The van der Waals surface area contributed by atoms with Gasteiger partial charge in [-0.05, 0) is 30.5 Å². The number of hydrogen-bond acceptors (Lipinski definition) is 6. The van der Waals surface area contributed by atoms with Gasteiger partial charge in [0, 0.05) is 32.0 Å². The van der Waals surface area contributed by atoms with Crippen molar-refractivity contribution >= 4 is 17.5 Å². The average molecular weight is 444 g/mol. The Balaban J connectivity index is 1.24. The van der Waals surface area contributed by atoms with Crippen molar-refractivity contribution in [2.45, 2.75) is 43.6 Å². The average Bonchev–Trinajstić information content (AvgIpc) is 3.46. The number of anilines is 1. The molecule has 0 bridgehead atoms. The topological polar surface area (TPSA) is 75.9 Å². The maximum absolute atomic E-state index is 13.9. The monoisotopic (exact) mass is 444 g/mol. The molecule has 3 saturated heterocycles. The van der Waals surface area contributed by atoms with E-state index in [0.29, 0.717) is 50.3 Å². The fraction of sp³-hybridized carbons (Fsp3) is 0.429. The van der Waals surface area contributed by atoms with Gasteiger partial charge >= 0.3 is 0 Å². The number of ether oxygens (including phenoxy) is 1. The highest BCUT2D eigenvalue weighted by Crippen LogP contribution is 2.48. The molecule has 0 aliphatic carbocycles. The van der Waals surface area contributed by atoms with Crippen LogP contribution in [0.5, 0.6) is 0 Å². The van der Waals surface area contributed by atoms with Gasteiger partial charge in [0.1, 0.15) is 24.2 Å². The molecule has 1 amide bonds. The van der Waals surface area contributed by atoms with Gasteiger partial charge in [-0.3, -0.25) is 4.79 Å². The first-order chi connectivity index (χ1) is 15.4. The number of carbonyl (C=O) groups is 1. The first-order valence-corrected chi connectivity index (χ1v) is 10.5. The standard InChI is InChI=1S/C21H19F3N6O2/c22-13-7-12(8-14(23)9-13)16-1-2-17-30(16)19(31)21(32-17)3-5-28(6-4-21)20-25-10-15(24)18-27-26-11-29(18)20/h7-11,16-17H,1-6H2/t16-,17+/m0/s1. The molecule has 0 unspecified atom stereocenters. The van der Waals surface area contributed by atoms with Gasteiger partial charge in [-0.15, -0.1) is 10.2 Å². The summed E-state index contributed by atoms with van der Waals surface area (Å²) in [6.07, 6.45) is 4.16. The zero-order valence-electron chi connectivity index (χ0n) is 16.9. The van der Waals surface area contributed by atoms with Gasteiger partial charge in [0.05, 0.1) is 12.2 Å². The minimum absolute atomic E-state index is 0.0919. The summed E-state index contributed by atoms with van der Waals surface area (Å²) in [5.74, 6) is -1.53. The second-order valence-electron chi connectivity index (χ2n) is 8.49. The van der Waals surface area contributed by atoms with Crippen molar-refractivity contribution in [3.63, 3.8) is 0 Å². The molecule has 2 aromatic heterocycles. The summed E-state index contributed by atoms with van der Waals surface area (Å²) in [5, 5.41) is 7.53. The molecule has 3 fully saturated rings. The van der Waals surface area contributed by atoms with Crippen LogP contribution in [0.25, 0.3) is 5.65 Å². The number of nitrogens with zero attached hydrogens (tertiary/aromatic N) is 6. The van der Waals surface area contributed by atoms with E-state index in [0.717, 1.165) is 12.3 Å². The Labute approximate surface area is 180 Å². The van der Waals surface area contributed by atoms with Crippen LogP contribution in [-0.2, 0) is 9.53 Å². The van der Waals surface area contributed by atoms with E-state index in [1.54, 1.807) is 4.90 Å². The van der Waals surface area contributed by atoms with E-state index in [2.05, 4.69) is 15.2 Å². The summed E-state index contributed by atoms with van der Waals surface area (Å²) in [5.41, 5.74) is -0.436. The molecule has 11 heteroatoms. The van der Waals surface area contributed by atoms with Crippen molar-refractivity contribution in [1.82, 2.24) is 24.5 Å². The number of benzene rings is 1. The molecule has 8 nitrogen and oxygen atoms in total. The zero-order chi connectivity index (χ0) is 22.0. The third-order valence-corrected chi connectivity index (χ3v) is 6.71. The smallest absolute Gasteiger partial charge is 0.257 e. The molecule has 166 valence electrons. The van der Waals surface area contributed by atoms with E-state index in [1.165, 1.54) is 22.9 Å². The van der Waals surface area contributed by atoms with Crippen LogP contribution in [0.1, 0.15) is 37.3 Å². The highest BCUT2D eigenvalue weighted by atomic mass is 19.1. The van der Waals surface area contributed by atoms with Crippen LogP contribution in [0.2, 0.25) is 0 Å². The Hall–Kier alpha value is -3.21. The van der Waals surface area contributed by atoms with Crippen molar-refractivity contribution in [3.8, 4) is 0 Å². The lowest BCUT2D eigenvalue weighted by Gasteiger charge is -2.38. The third kappa shape index (κ3) is 2.80. The normalized spacial score (nSPS) is 24.7. The van der Waals surface area contributed by atoms with Crippen LogP contribution >= 0.6 is 0 Å². The second-order valence-corrected chi connectivity index (χ2v) is 8.49. The Morgan fingerprint density at radius 3 is 2.56 bits per heavy atom. The second kappa shape index (κ2) is 6.89. The Morgan fingerprint density at radius 2 is 1.81 bits per heavy atom. The van der Waals surface area contributed by atoms with Crippen molar-refractivity contribution < 1.29 is 22.7 Å². The molecule has 3 aliphatic heterocycles. The van der Waals surface area contributed by atoms with E-state index in [1.807, 2.05) is 4.90 Å². The van der Waals surface area contributed by atoms with E-state index in [4.69, 9.17) is 4.74 Å². The highest BCUT2D eigenvalue weighted by Gasteiger charge is 2.58. The Kier molecular flexibility index (Phi) is 4.19. The van der Waals surface area contributed by atoms with Crippen LogP contribution in [-0.4, -0.2) is 55.3 Å². The van der Waals surface area contributed by atoms with Crippen molar-refractivity contribution in [2.75, 3.05) is 18.0 Å². The predicted octanol–water partition coefficient (Wildman–Crippen LogP) is 2.60. The summed E-state index contributed by atoms with van der Waals surface area (Å²) in [7, 11) is 0. The zero-order valence-corrected chi connectivity index (χ0v) is 16.9. The molecule has 1 aromatic carbocycles. The lowest BCUT2D eigenvalue weighted by molar-refractivity contribution is -0.140. The summed E-state index contributed by atoms with van der Waals surface area (Å²) in [6.45, 7) is 0.939. The fourth-order valence-corrected chi connectivity index (χ4v) is 5.22. The number of halogens is 3. The van der Waals surface area contributed by atoms with Gasteiger partial charge in [0.25, 0.3) is 5.91 Å².